The van der Waals surface area contributed by atoms with Gasteiger partial charge in [0.15, 0.2) is 29.6 Å². The van der Waals surface area contributed by atoms with Gasteiger partial charge in [0.1, 0.15) is 5.82 Å². The summed E-state index contributed by atoms with van der Waals surface area (Å²) in [6, 6.07) is 14.6. The van der Waals surface area contributed by atoms with Gasteiger partial charge in [0, 0.05) is 11.6 Å². The Labute approximate surface area is 181 Å². The van der Waals surface area contributed by atoms with Gasteiger partial charge in [-0.25, -0.2) is 4.68 Å². The molecule has 0 aliphatic heterocycles. The molecule has 8 heteroatoms. The number of ether oxygens (including phenoxy) is 4. The zero-order valence-electron chi connectivity index (χ0n) is 18.0. The highest BCUT2D eigenvalue weighted by Gasteiger charge is 2.14. The Morgan fingerprint density at radius 3 is 2.42 bits per heavy atom. The topological polar surface area (TPSA) is 83.8 Å². The molecule has 0 spiro atoms. The Bertz CT molecular complexity index is 1000. The third-order valence-electron chi connectivity index (χ3n) is 4.46. The normalized spacial score (nSPS) is 10.4. The van der Waals surface area contributed by atoms with E-state index < -0.39 is 0 Å². The van der Waals surface area contributed by atoms with E-state index in [2.05, 4.69) is 10.4 Å². The maximum absolute atomic E-state index is 12.5. The molecule has 0 bridgehead atoms. The SMILES string of the molecule is CCCOc1ccccc1OCC(=O)Nc1ccnn1Cc1cccc(OC)c1OC. The van der Waals surface area contributed by atoms with Crippen molar-refractivity contribution in [3.05, 3.63) is 60.3 Å². The van der Waals surface area contributed by atoms with E-state index in [1.165, 1.54) is 0 Å². The Balaban J connectivity index is 1.64. The molecule has 0 saturated carbocycles. The van der Waals surface area contributed by atoms with Crippen molar-refractivity contribution in [2.75, 3.05) is 32.8 Å². The molecule has 1 aromatic heterocycles. The lowest BCUT2D eigenvalue weighted by Gasteiger charge is -2.15. The molecule has 1 amide bonds. The molecule has 1 N–H and O–H groups in total. The van der Waals surface area contributed by atoms with Gasteiger partial charge in [-0.1, -0.05) is 31.2 Å². The Kier molecular flexibility index (Phi) is 7.75. The number of benzene rings is 2. The van der Waals surface area contributed by atoms with Crippen LogP contribution in [0.15, 0.2) is 54.7 Å². The van der Waals surface area contributed by atoms with Gasteiger partial charge < -0.3 is 24.3 Å². The first-order chi connectivity index (χ1) is 15.2. The second kappa shape index (κ2) is 10.9. The van der Waals surface area contributed by atoms with Crippen molar-refractivity contribution in [1.82, 2.24) is 9.78 Å². The van der Waals surface area contributed by atoms with Crippen LogP contribution >= 0.6 is 0 Å². The van der Waals surface area contributed by atoms with Crippen LogP contribution in [-0.4, -0.2) is 43.1 Å². The summed E-state index contributed by atoms with van der Waals surface area (Å²) in [5, 5.41) is 7.14. The molecular formula is C23H27N3O5. The average Bonchev–Trinajstić information content (AvgIpc) is 3.22. The van der Waals surface area contributed by atoms with Crippen LogP contribution in [0.4, 0.5) is 5.82 Å². The van der Waals surface area contributed by atoms with Crippen LogP contribution in [0.2, 0.25) is 0 Å². The first-order valence-corrected chi connectivity index (χ1v) is 10.0. The number of carbonyl (C=O) groups excluding carboxylic acids is 1. The zero-order chi connectivity index (χ0) is 22.1. The maximum atomic E-state index is 12.5. The van der Waals surface area contributed by atoms with Crippen molar-refractivity contribution in [2.45, 2.75) is 19.9 Å². The van der Waals surface area contributed by atoms with Crippen LogP contribution in [0.25, 0.3) is 0 Å². The molecule has 0 unspecified atom stereocenters. The molecule has 0 radical (unpaired) electrons. The maximum Gasteiger partial charge on any atom is 0.263 e. The smallest absolute Gasteiger partial charge is 0.263 e. The quantitative estimate of drug-likeness (QED) is 0.504. The minimum Gasteiger partial charge on any atom is -0.493 e. The van der Waals surface area contributed by atoms with E-state index in [0.29, 0.717) is 42.0 Å². The summed E-state index contributed by atoms with van der Waals surface area (Å²) in [5.41, 5.74) is 0.874. The molecule has 3 rings (SSSR count). The number of nitrogens with one attached hydrogen (secondary N) is 1. The fourth-order valence-corrected chi connectivity index (χ4v) is 3.03. The van der Waals surface area contributed by atoms with E-state index in [-0.39, 0.29) is 12.5 Å². The summed E-state index contributed by atoms with van der Waals surface area (Å²) < 4.78 is 23.8. The minimum absolute atomic E-state index is 0.153. The van der Waals surface area contributed by atoms with Gasteiger partial charge in [-0.3, -0.25) is 4.79 Å². The predicted molar refractivity (Wildman–Crippen MR) is 117 cm³/mol. The Hall–Kier alpha value is -3.68. The summed E-state index contributed by atoms with van der Waals surface area (Å²) in [6.07, 6.45) is 2.51. The number of amides is 1. The number of methoxy groups -OCH3 is 2. The van der Waals surface area contributed by atoms with E-state index in [1.807, 2.05) is 43.3 Å². The van der Waals surface area contributed by atoms with Crippen molar-refractivity contribution < 1.29 is 23.7 Å². The number of nitrogens with zero attached hydrogens (tertiary/aromatic N) is 2. The number of rotatable bonds is 11. The van der Waals surface area contributed by atoms with Crippen LogP contribution in [0.5, 0.6) is 23.0 Å². The monoisotopic (exact) mass is 425 g/mol. The van der Waals surface area contributed by atoms with E-state index in [9.17, 15) is 4.79 Å². The third kappa shape index (κ3) is 5.69. The minimum atomic E-state index is -0.301. The van der Waals surface area contributed by atoms with E-state index in [4.69, 9.17) is 18.9 Å². The molecule has 2 aromatic carbocycles. The number of aromatic nitrogens is 2. The van der Waals surface area contributed by atoms with Gasteiger partial charge in [0.25, 0.3) is 5.91 Å². The number of anilines is 1. The molecule has 3 aromatic rings. The molecule has 31 heavy (non-hydrogen) atoms. The molecule has 8 nitrogen and oxygen atoms in total. The van der Waals surface area contributed by atoms with Gasteiger partial charge >= 0.3 is 0 Å². The Morgan fingerprint density at radius 1 is 0.968 bits per heavy atom. The molecule has 1 heterocycles. The number of hydrogen-bond acceptors (Lipinski definition) is 6. The van der Waals surface area contributed by atoms with Crippen molar-refractivity contribution in [1.29, 1.82) is 0 Å². The third-order valence-corrected chi connectivity index (χ3v) is 4.46. The van der Waals surface area contributed by atoms with Crippen LogP contribution in [0.3, 0.4) is 0 Å². The van der Waals surface area contributed by atoms with Crippen LogP contribution in [-0.2, 0) is 11.3 Å². The predicted octanol–water partition coefficient (Wildman–Crippen LogP) is 3.75. The highest BCUT2D eigenvalue weighted by Crippen LogP contribution is 2.31. The zero-order valence-corrected chi connectivity index (χ0v) is 18.0. The molecule has 0 fully saturated rings. The summed E-state index contributed by atoms with van der Waals surface area (Å²) in [5.74, 6) is 2.66. The van der Waals surface area contributed by atoms with Gasteiger partial charge in [0.2, 0.25) is 0 Å². The molecule has 164 valence electrons. The first kappa shape index (κ1) is 22.0. The molecule has 0 aliphatic rings. The largest absolute Gasteiger partial charge is 0.493 e. The van der Waals surface area contributed by atoms with Gasteiger partial charge in [-0.05, 0) is 24.6 Å². The van der Waals surface area contributed by atoms with Crippen molar-refractivity contribution in [3.63, 3.8) is 0 Å². The lowest BCUT2D eigenvalue weighted by Crippen LogP contribution is -2.22. The van der Waals surface area contributed by atoms with Crippen LogP contribution < -0.4 is 24.3 Å². The number of carbonyl (C=O) groups is 1. The van der Waals surface area contributed by atoms with E-state index in [1.54, 1.807) is 37.2 Å². The summed E-state index contributed by atoms with van der Waals surface area (Å²) >= 11 is 0. The highest BCUT2D eigenvalue weighted by atomic mass is 16.5. The van der Waals surface area contributed by atoms with E-state index in [0.717, 1.165) is 12.0 Å². The summed E-state index contributed by atoms with van der Waals surface area (Å²) in [6.45, 7) is 2.86. The lowest BCUT2D eigenvalue weighted by atomic mass is 10.2. The lowest BCUT2D eigenvalue weighted by molar-refractivity contribution is -0.118. The van der Waals surface area contributed by atoms with Crippen LogP contribution in [0.1, 0.15) is 18.9 Å². The number of para-hydroxylation sites is 3. The van der Waals surface area contributed by atoms with Crippen molar-refractivity contribution in [2.24, 2.45) is 0 Å². The second-order valence-corrected chi connectivity index (χ2v) is 6.66. The molecular weight excluding hydrogens is 398 g/mol. The summed E-state index contributed by atoms with van der Waals surface area (Å²) in [7, 11) is 3.18. The van der Waals surface area contributed by atoms with Gasteiger partial charge in [-0.15, -0.1) is 0 Å². The Morgan fingerprint density at radius 2 is 1.71 bits per heavy atom. The van der Waals surface area contributed by atoms with Crippen molar-refractivity contribution in [3.8, 4) is 23.0 Å². The van der Waals surface area contributed by atoms with Crippen LogP contribution in [0, 0.1) is 0 Å². The standard InChI is InChI=1S/C23H27N3O5/c1-4-14-30-18-9-5-6-10-19(18)31-16-22(27)25-21-12-13-24-26(21)15-17-8-7-11-20(28-2)23(17)29-3/h5-13H,4,14-16H2,1-3H3,(H,25,27). The first-order valence-electron chi connectivity index (χ1n) is 10.0. The fraction of sp³-hybridized carbons (Fsp3) is 0.304. The molecule has 0 saturated heterocycles. The van der Waals surface area contributed by atoms with Gasteiger partial charge in [-0.2, -0.15) is 5.10 Å². The van der Waals surface area contributed by atoms with Crippen molar-refractivity contribution >= 4 is 11.7 Å². The average molecular weight is 425 g/mol. The number of hydrogen-bond donors (Lipinski definition) is 1. The molecule has 0 aliphatic carbocycles. The molecule has 0 atom stereocenters. The highest BCUT2D eigenvalue weighted by molar-refractivity contribution is 5.91. The second-order valence-electron chi connectivity index (χ2n) is 6.66. The van der Waals surface area contributed by atoms with Gasteiger partial charge in [0.05, 0.1) is 33.6 Å². The fourth-order valence-electron chi connectivity index (χ4n) is 3.03. The van der Waals surface area contributed by atoms with E-state index >= 15 is 0 Å². The summed E-state index contributed by atoms with van der Waals surface area (Å²) in [4.78, 5) is 12.5.